The first-order chi connectivity index (χ1) is 11.8. The average Bonchev–Trinajstić information content (AvgIpc) is 2.56. The lowest BCUT2D eigenvalue weighted by molar-refractivity contribution is 0.504. The van der Waals surface area contributed by atoms with Crippen molar-refractivity contribution in [2.45, 2.75) is 17.9 Å². The van der Waals surface area contributed by atoms with E-state index in [1.54, 1.807) is 0 Å². The Balaban J connectivity index is 1.91. The highest BCUT2D eigenvalue weighted by atomic mass is 32.2. The smallest absolute Gasteiger partial charge is 0.336 e. The summed E-state index contributed by atoms with van der Waals surface area (Å²) in [5.41, 5.74) is 0.0163. The minimum Gasteiger partial charge on any atom is -0.423 e. The van der Waals surface area contributed by atoms with Gasteiger partial charge in [0.05, 0.1) is 4.90 Å². The van der Waals surface area contributed by atoms with E-state index in [4.69, 9.17) is 4.42 Å². The number of nitrogens with one attached hydrogen (secondary N) is 1. The van der Waals surface area contributed by atoms with Crippen LogP contribution in [0.2, 0.25) is 0 Å². The van der Waals surface area contributed by atoms with Gasteiger partial charge in [-0.1, -0.05) is 6.07 Å². The molecule has 0 radical (unpaired) electrons. The maximum Gasteiger partial charge on any atom is 0.336 e. The Hall–Kier alpha value is -2.58. The third-order valence-electron chi connectivity index (χ3n) is 3.68. The first-order valence-electron chi connectivity index (χ1n) is 7.27. The van der Waals surface area contributed by atoms with E-state index in [1.165, 1.54) is 43.3 Å². The van der Waals surface area contributed by atoms with Crippen molar-refractivity contribution in [3.8, 4) is 0 Å². The number of rotatable bonds is 4. The fourth-order valence-electron chi connectivity index (χ4n) is 2.37. The molecule has 1 atom stereocenters. The minimum atomic E-state index is -3.92. The van der Waals surface area contributed by atoms with Crippen molar-refractivity contribution in [1.82, 2.24) is 4.72 Å². The van der Waals surface area contributed by atoms with Gasteiger partial charge in [-0.3, -0.25) is 0 Å². The number of fused-ring (bicyclic) bond motifs is 1. The van der Waals surface area contributed by atoms with E-state index in [0.717, 1.165) is 12.1 Å². The van der Waals surface area contributed by atoms with E-state index >= 15 is 0 Å². The molecule has 1 aromatic heterocycles. The molecule has 0 spiro atoms. The van der Waals surface area contributed by atoms with Crippen LogP contribution in [0.15, 0.2) is 62.6 Å². The molecule has 1 heterocycles. The summed E-state index contributed by atoms with van der Waals surface area (Å²) in [7, 11) is -3.92. The topological polar surface area (TPSA) is 76.4 Å². The zero-order valence-electron chi connectivity index (χ0n) is 13.0. The third-order valence-corrected chi connectivity index (χ3v) is 5.22. The second-order valence-corrected chi connectivity index (χ2v) is 7.18. The number of sulfonamides is 1. The Morgan fingerprint density at radius 1 is 1.00 bits per heavy atom. The zero-order chi connectivity index (χ0) is 18.2. The van der Waals surface area contributed by atoms with Crippen LogP contribution in [0.1, 0.15) is 18.5 Å². The molecule has 2 aromatic carbocycles. The van der Waals surface area contributed by atoms with E-state index in [1.807, 2.05) is 0 Å². The van der Waals surface area contributed by atoms with E-state index in [-0.39, 0.29) is 16.0 Å². The molecule has 0 aliphatic heterocycles. The quantitative estimate of drug-likeness (QED) is 0.721. The second kappa shape index (κ2) is 6.38. The highest BCUT2D eigenvalue weighted by molar-refractivity contribution is 7.89. The summed E-state index contributed by atoms with van der Waals surface area (Å²) in [5, 5.41) is 0.447. The van der Waals surface area contributed by atoms with E-state index in [2.05, 4.69) is 4.72 Å². The predicted molar refractivity (Wildman–Crippen MR) is 87.6 cm³/mol. The SMILES string of the molecule is CC(NS(=O)(=O)c1ccc2oc(=O)ccc2c1)c1ccc(F)c(F)c1. The van der Waals surface area contributed by atoms with Crippen LogP contribution < -0.4 is 10.3 Å². The summed E-state index contributed by atoms with van der Waals surface area (Å²) in [4.78, 5) is 11.1. The highest BCUT2D eigenvalue weighted by Gasteiger charge is 2.20. The van der Waals surface area contributed by atoms with Crippen LogP contribution in [-0.4, -0.2) is 8.42 Å². The molecule has 0 fully saturated rings. The van der Waals surface area contributed by atoms with Gasteiger partial charge in [0.1, 0.15) is 5.58 Å². The third kappa shape index (κ3) is 3.59. The van der Waals surface area contributed by atoms with Crippen molar-refractivity contribution < 1.29 is 21.6 Å². The molecular weight excluding hydrogens is 352 g/mol. The Labute approximate surface area is 142 Å². The molecule has 25 heavy (non-hydrogen) atoms. The fourth-order valence-corrected chi connectivity index (χ4v) is 3.63. The number of benzene rings is 2. The molecule has 8 heteroatoms. The van der Waals surface area contributed by atoms with Crippen molar-refractivity contribution >= 4 is 21.0 Å². The Bertz CT molecular complexity index is 1110. The lowest BCUT2D eigenvalue weighted by Gasteiger charge is -2.15. The normalized spacial score (nSPS) is 13.1. The predicted octanol–water partition coefficient (Wildman–Crippen LogP) is 3.11. The Morgan fingerprint density at radius 3 is 2.48 bits per heavy atom. The van der Waals surface area contributed by atoms with Crippen molar-refractivity contribution in [3.05, 3.63) is 76.1 Å². The van der Waals surface area contributed by atoms with Crippen LogP contribution in [-0.2, 0) is 10.0 Å². The summed E-state index contributed by atoms with van der Waals surface area (Å²) in [6.07, 6.45) is 0. The van der Waals surface area contributed by atoms with Gasteiger partial charge in [0.2, 0.25) is 10.0 Å². The van der Waals surface area contributed by atoms with Crippen LogP contribution in [0.4, 0.5) is 8.78 Å². The summed E-state index contributed by atoms with van der Waals surface area (Å²) >= 11 is 0. The van der Waals surface area contributed by atoms with Gasteiger partial charge >= 0.3 is 5.63 Å². The summed E-state index contributed by atoms with van der Waals surface area (Å²) in [6, 6.07) is 9.10. The molecule has 1 unspecified atom stereocenters. The minimum absolute atomic E-state index is 0.0386. The fraction of sp³-hybridized carbons (Fsp3) is 0.118. The Morgan fingerprint density at radius 2 is 1.76 bits per heavy atom. The number of hydrogen-bond acceptors (Lipinski definition) is 4. The van der Waals surface area contributed by atoms with Gasteiger partial charge in [0.15, 0.2) is 11.6 Å². The summed E-state index contributed by atoms with van der Waals surface area (Å²) < 4.78 is 58.7. The molecule has 5 nitrogen and oxygen atoms in total. The second-order valence-electron chi connectivity index (χ2n) is 5.47. The number of hydrogen-bond donors (Lipinski definition) is 1. The average molecular weight is 365 g/mol. The van der Waals surface area contributed by atoms with Gasteiger partial charge in [0.25, 0.3) is 0 Å². The van der Waals surface area contributed by atoms with Gasteiger partial charge in [-0.2, -0.15) is 0 Å². The first kappa shape index (κ1) is 17.2. The van der Waals surface area contributed by atoms with Crippen molar-refractivity contribution in [2.75, 3.05) is 0 Å². The monoisotopic (exact) mass is 365 g/mol. The van der Waals surface area contributed by atoms with Crippen LogP contribution in [0.5, 0.6) is 0 Å². The molecule has 130 valence electrons. The Kier molecular flexibility index (Phi) is 4.40. The van der Waals surface area contributed by atoms with Crippen molar-refractivity contribution in [2.24, 2.45) is 0 Å². The number of halogens is 2. The largest absolute Gasteiger partial charge is 0.423 e. The molecule has 3 rings (SSSR count). The van der Waals surface area contributed by atoms with Crippen LogP contribution >= 0.6 is 0 Å². The molecule has 3 aromatic rings. The maximum atomic E-state index is 13.3. The van der Waals surface area contributed by atoms with Crippen LogP contribution in [0.25, 0.3) is 11.0 Å². The van der Waals surface area contributed by atoms with Gasteiger partial charge < -0.3 is 4.42 Å². The summed E-state index contributed by atoms with van der Waals surface area (Å²) in [6.45, 7) is 1.52. The van der Waals surface area contributed by atoms with Gasteiger partial charge in [0, 0.05) is 17.5 Å². The van der Waals surface area contributed by atoms with Crippen LogP contribution in [0, 0.1) is 11.6 Å². The standard InChI is InChI=1S/C17H13F2NO4S/c1-10(11-2-5-14(18)15(19)9-11)20-25(22,23)13-4-6-16-12(8-13)3-7-17(21)24-16/h2-10,20H,1H3. The molecule has 0 amide bonds. The molecular formula is C17H13F2NO4S. The molecule has 0 saturated heterocycles. The molecule has 0 saturated carbocycles. The lowest BCUT2D eigenvalue weighted by atomic mass is 10.1. The van der Waals surface area contributed by atoms with Gasteiger partial charge in [-0.05, 0) is 48.9 Å². The maximum absolute atomic E-state index is 13.3. The molecule has 0 bridgehead atoms. The first-order valence-corrected chi connectivity index (χ1v) is 8.76. The zero-order valence-corrected chi connectivity index (χ0v) is 13.8. The van der Waals surface area contributed by atoms with E-state index < -0.39 is 33.3 Å². The van der Waals surface area contributed by atoms with Crippen molar-refractivity contribution in [1.29, 1.82) is 0 Å². The molecule has 0 aliphatic carbocycles. The molecule has 0 aliphatic rings. The molecule has 1 N–H and O–H groups in total. The lowest BCUT2D eigenvalue weighted by Crippen LogP contribution is -2.27. The van der Waals surface area contributed by atoms with Crippen molar-refractivity contribution in [3.63, 3.8) is 0 Å². The van der Waals surface area contributed by atoms with E-state index in [9.17, 15) is 22.0 Å². The summed E-state index contributed by atoms with van der Waals surface area (Å²) in [5.74, 6) is -2.06. The van der Waals surface area contributed by atoms with Gasteiger partial charge in [-0.15, -0.1) is 0 Å². The highest BCUT2D eigenvalue weighted by Crippen LogP contribution is 2.21. The van der Waals surface area contributed by atoms with E-state index in [0.29, 0.717) is 5.39 Å². The van der Waals surface area contributed by atoms with Crippen LogP contribution in [0.3, 0.4) is 0 Å². The van der Waals surface area contributed by atoms with Gasteiger partial charge in [-0.25, -0.2) is 26.7 Å².